The molecule has 1 rings (SSSR count). The molecule has 1 fully saturated rings. The van der Waals surface area contributed by atoms with E-state index in [1.165, 1.54) is 0 Å². The lowest BCUT2D eigenvalue weighted by molar-refractivity contribution is 1.33. The van der Waals surface area contributed by atoms with E-state index in [1.807, 2.05) is 0 Å². The average molecular weight is 139 g/mol. The van der Waals surface area contributed by atoms with E-state index in [0.29, 0.717) is 11.1 Å². The highest BCUT2D eigenvalue weighted by Gasteiger charge is 2.24. The Morgan fingerprint density at radius 3 is 2.29 bits per heavy atom. The van der Waals surface area contributed by atoms with Crippen LogP contribution in [0.15, 0.2) is 0 Å². The van der Waals surface area contributed by atoms with E-state index in [1.54, 1.807) is 11.8 Å². The predicted octanol–water partition coefficient (Wildman–Crippen LogP) is 0.460. The molecule has 0 saturated carbocycles. The van der Waals surface area contributed by atoms with Crippen molar-refractivity contribution >= 4 is 30.0 Å². The Bertz CT molecular complexity index is 81.0. The number of thioether (sulfide) groups is 1. The van der Waals surface area contributed by atoms with Crippen LogP contribution in [0.5, 0.6) is 0 Å². The predicted molar refractivity (Wildman–Crippen MR) is 35.4 cm³/mol. The molecule has 0 amide bonds. The third-order valence-corrected chi connectivity index (χ3v) is 1.60. The van der Waals surface area contributed by atoms with E-state index in [4.69, 9.17) is 11.1 Å². The second-order valence-electron chi connectivity index (χ2n) is 1.28. The molecule has 0 bridgehead atoms. The SMILES string of the molecule is Cl.N=C(N)C1CS1. The van der Waals surface area contributed by atoms with E-state index in [2.05, 4.69) is 0 Å². The first-order valence-corrected chi connectivity index (χ1v) is 2.81. The van der Waals surface area contributed by atoms with Crippen LogP contribution in [-0.2, 0) is 0 Å². The van der Waals surface area contributed by atoms with Crippen LogP contribution < -0.4 is 5.73 Å². The highest BCUT2D eigenvalue weighted by molar-refractivity contribution is 8.07. The van der Waals surface area contributed by atoms with Crippen LogP contribution in [0.25, 0.3) is 0 Å². The van der Waals surface area contributed by atoms with E-state index < -0.39 is 0 Å². The van der Waals surface area contributed by atoms with Crippen molar-refractivity contribution in [2.24, 2.45) is 5.73 Å². The lowest BCUT2D eigenvalue weighted by Gasteiger charge is -1.80. The molecule has 2 nitrogen and oxygen atoms in total. The van der Waals surface area contributed by atoms with Crippen LogP contribution in [0.3, 0.4) is 0 Å². The van der Waals surface area contributed by atoms with Gasteiger partial charge in [0, 0.05) is 5.75 Å². The molecule has 3 N–H and O–H groups in total. The van der Waals surface area contributed by atoms with Crippen LogP contribution in [0.2, 0.25) is 0 Å². The van der Waals surface area contributed by atoms with Crippen LogP contribution in [0.1, 0.15) is 0 Å². The Kier molecular flexibility index (Phi) is 2.46. The molecule has 1 heterocycles. The number of hydrogen-bond acceptors (Lipinski definition) is 2. The van der Waals surface area contributed by atoms with E-state index in [-0.39, 0.29) is 12.4 Å². The van der Waals surface area contributed by atoms with Gasteiger partial charge in [0.1, 0.15) is 5.84 Å². The molecule has 0 radical (unpaired) electrons. The Morgan fingerprint density at radius 2 is 2.29 bits per heavy atom. The first-order chi connectivity index (χ1) is 2.80. The second-order valence-corrected chi connectivity index (χ2v) is 2.51. The summed E-state index contributed by atoms with van der Waals surface area (Å²) in [6, 6.07) is 0. The molecular formula is C3H7ClN2S. The summed E-state index contributed by atoms with van der Waals surface area (Å²) in [4.78, 5) is 0. The van der Waals surface area contributed by atoms with Crippen molar-refractivity contribution in [3.8, 4) is 0 Å². The minimum atomic E-state index is 0. The van der Waals surface area contributed by atoms with Gasteiger partial charge < -0.3 is 5.73 Å². The molecule has 42 valence electrons. The summed E-state index contributed by atoms with van der Waals surface area (Å²) in [7, 11) is 0. The fraction of sp³-hybridized carbons (Fsp3) is 0.667. The molecule has 7 heavy (non-hydrogen) atoms. The van der Waals surface area contributed by atoms with Gasteiger partial charge in [0.2, 0.25) is 0 Å². The van der Waals surface area contributed by atoms with Crippen LogP contribution >= 0.6 is 24.2 Å². The van der Waals surface area contributed by atoms with Crippen LogP contribution in [0.4, 0.5) is 0 Å². The summed E-state index contributed by atoms with van der Waals surface area (Å²) >= 11 is 1.73. The van der Waals surface area contributed by atoms with Gasteiger partial charge in [0.15, 0.2) is 0 Å². The zero-order chi connectivity index (χ0) is 4.57. The average Bonchev–Trinajstić information content (AvgIpc) is 2.06. The molecule has 1 aliphatic rings. The molecule has 4 heteroatoms. The maximum atomic E-state index is 6.77. The lowest BCUT2D eigenvalue weighted by Crippen LogP contribution is -2.15. The standard InChI is InChI=1S/C3H6N2S.ClH/c4-3(5)2-1-6-2;/h2H,1H2,(H3,4,5);1H. The topological polar surface area (TPSA) is 49.9 Å². The van der Waals surface area contributed by atoms with Crippen LogP contribution in [-0.4, -0.2) is 16.8 Å². The molecule has 1 atom stereocenters. The van der Waals surface area contributed by atoms with Crippen molar-refractivity contribution in [2.45, 2.75) is 5.25 Å². The van der Waals surface area contributed by atoms with Gasteiger partial charge in [-0.1, -0.05) is 0 Å². The van der Waals surface area contributed by atoms with Gasteiger partial charge in [-0.05, 0) is 0 Å². The van der Waals surface area contributed by atoms with Gasteiger partial charge in [-0.25, -0.2) is 0 Å². The Labute approximate surface area is 52.8 Å². The lowest BCUT2D eigenvalue weighted by atomic mass is 10.5. The summed E-state index contributed by atoms with van der Waals surface area (Å²) < 4.78 is 0. The second kappa shape index (κ2) is 2.43. The zero-order valence-electron chi connectivity index (χ0n) is 3.68. The molecule has 0 spiro atoms. The molecular weight excluding hydrogens is 132 g/mol. The zero-order valence-corrected chi connectivity index (χ0v) is 5.31. The molecule has 1 saturated heterocycles. The Balaban J connectivity index is 0.000000360. The van der Waals surface area contributed by atoms with Gasteiger partial charge in [0.25, 0.3) is 0 Å². The van der Waals surface area contributed by atoms with Gasteiger partial charge in [-0.2, -0.15) is 0 Å². The third kappa shape index (κ3) is 2.04. The fourth-order valence-corrected chi connectivity index (χ4v) is 0.683. The summed E-state index contributed by atoms with van der Waals surface area (Å²) in [5.41, 5.74) is 5.06. The largest absolute Gasteiger partial charge is 0.387 e. The normalized spacial score (nSPS) is 25.4. The maximum absolute atomic E-state index is 6.77. The number of amidine groups is 1. The Hall–Kier alpha value is 0.110. The first-order valence-electron chi connectivity index (χ1n) is 1.76. The molecule has 0 aromatic heterocycles. The maximum Gasteiger partial charge on any atom is 0.105 e. The summed E-state index contributed by atoms with van der Waals surface area (Å²) in [6.45, 7) is 0. The number of nitrogens with two attached hydrogens (primary N) is 1. The van der Waals surface area contributed by atoms with Gasteiger partial charge in [0.05, 0.1) is 5.25 Å². The van der Waals surface area contributed by atoms with Crippen molar-refractivity contribution in [2.75, 3.05) is 5.75 Å². The molecule has 0 aromatic rings. The van der Waals surface area contributed by atoms with Gasteiger partial charge >= 0.3 is 0 Å². The van der Waals surface area contributed by atoms with E-state index in [9.17, 15) is 0 Å². The molecule has 0 aliphatic carbocycles. The number of halogens is 1. The van der Waals surface area contributed by atoms with Crippen LogP contribution in [0, 0.1) is 5.41 Å². The van der Waals surface area contributed by atoms with Crippen molar-refractivity contribution in [3.63, 3.8) is 0 Å². The Morgan fingerprint density at radius 1 is 1.86 bits per heavy atom. The molecule has 1 aliphatic heterocycles. The molecule has 1 unspecified atom stereocenters. The highest BCUT2D eigenvalue weighted by Crippen LogP contribution is 2.28. The van der Waals surface area contributed by atoms with Crippen molar-refractivity contribution in [1.29, 1.82) is 5.41 Å². The first kappa shape index (κ1) is 7.11. The quantitative estimate of drug-likeness (QED) is 0.314. The highest BCUT2D eigenvalue weighted by atomic mass is 35.5. The van der Waals surface area contributed by atoms with Gasteiger partial charge in [-0.3, -0.25) is 5.41 Å². The summed E-state index contributed by atoms with van der Waals surface area (Å²) in [6.07, 6.45) is 0. The number of rotatable bonds is 1. The van der Waals surface area contributed by atoms with Gasteiger partial charge in [-0.15, -0.1) is 24.2 Å². The summed E-state index contributed by atoms with van der Waals surface area (Å²) in [5.74, 6) is 1.40. The molecule has 0 aromatic carbocycles. The van der Waals surface area contributed by atoms with E-state index >= 15 is 0 Å². The summed E-state index contributed by atoms with van der Waals surface area (Å²) in [5, 5.41) is 7.15. The number of hydrogen-bond donors (Lipinski definition) is 2. The minimum Gasteiger partial charge on any atom is -0.387 e. The fourth-order valence-electron chi connectivity index (χ4n) is 0.228. The van der Waals surface area contributed by atoms with E-state index in [0.717, 1.165) is 5.75 Å². The van der Waals surface area contributed by atoms with Crippen molar-refractivity contribution in [1.82, 2.24) is 0 Å². The smallest absolute Gasteiger partial charge is 0.105 e. The minimum absolute atomic E-state index is 0. The number of nitrogens with one attached hydrogen (secondary N) is 1. The monoisotopic (exact) mass is 138 g/mol. The third-order valence-electron chi connectivity index (χ3n) is 0.680. The van der Waals surface area contributed by atoms with Crippen molar-refractivity contribution < 1.29 is 0 Å². The van der Waals surface area contributed by atoms with Crippen molar-refractivity contribution in [3.05, 3.63) is 0 Å².